The summed E-state index contributed by atoms with van der Waals surface area (Å²) in [6.07, 6.45) is -0.143. The Kier molecular flexibility index (Phi) is 4.19. The van der Waals surface area contributed by atoms with Gasteiger partial charge >= 0.3 is 0 Å². The van der Waals surface area contributed by atoms with E-state index in [-0.39, 0.29) is 36.4 Å². The number of hydrogen-bond acceptors (Lipinski definition) is 3. The molecule has 7 heteroatoms. The van der Waals surface area contributed by atoms with Gasteiger partial charge in [0.25, 0.3) is 0 Å². The monoisotopic (exact) mass is 363 g/mol. The van der Waals surface area contributed by atoms with Crippen LogP contribution in [0.3, 0.4) is 0 Å². The second-order valence-corrected chi connectivity index (χ2v) is 6.89. The molecule has 25 heavy (non-hydrogen) atoms. The van der Waals surface area contributed by atoms with Gasteiger partial charge in [0.05, 0.1) is 12.2 Å². The minimum Gasteiger partial charge on any atom is -0.339 e. The normalized spacial score (nSPS) is 28.5. The Morgan fingerprint density at radius 1 is 0.960 bits per heavy atom. The van der Waals surface area contributed by atoms with Gasteiger partial charge in [-0.3, -0.25) is 4.79 Å². The second kappa shape index (κ2) is 6.37. The number of halogens is 3. The van der Waals surface area contributed by atoms with Gasteiger partial charge in [-0.2, -0.15) is 0 Å². The number of amides is 1. The summed E-state index contributed by atoms with van der Waals surface area (Å²) in [6.45, 7) is 0. The summed E-state index contributed by atoms with van der Waals surface area (Å²) in [5.74, 6) is -1.84. The van der Waals surface area contributed by atoms with Crippen LogP contribution in [0.2, 0.25) is 5.02 Å². The fourth-order valence-corrected chi connectivity index (χ4v) is 3.96. The van der Waals surface area contributed by atoms with Crippen molar-refractivity contribution in [3.8, 4) is 0 Å². The highest BCUT2D eigenvalue weighted by Gasteiger charge is 2.46. The maximum Gasteiger partial charge on any atom is 0.221 e. The number of fused-ring (bicyclic) bond motifs is 1. The van der Waals surface area contributed by atoms with Crippen LogP contribution in [0.5, 0.6) is 0 Å². The van der Waals surface area contributed by atoms with Gasteiger partial charge in [0.15, 0.2) is 0 Å². The van der Waals surface area contributed by atoms with Crippen LogP contribution in [-0.2, 0) is 4.79 Å². The van der Waals surface area contributed by atoms with Crippen LogP contribution in [0.1, 0.15) is 29.5 Å². The van der Waals surface area contributed by atoms with Crippen molar-refractivity contribution in [1.29, 1.82) is 0 Å². The first-order valence-electron chi connectivity index (χ1n) is 8.03. The lowest BCUT2D eigenvalue weighted by atomic mass is 9.74. The van der Waals surface area contributed by atoms with Crippen molar-refractivity contribution in [1.82, 2.24) is 16.2 Å². The van der Waals surface area contributed by atoms with E-state index in [2.05, 4.69) is 16.2 Å². The number of carbonyl (C=O) groups is 1. The third-order valence-corrected chi connectivity index (χ3v) is 5.14. The van der Waals surface area contributed by atoms with E-state index < -0.39 is 11.6 Å². The summed E-state index contributed by atoms with van der Waals surface area (Å²) < 4.78 is 27.4. The summed E-state index contributed by atoms with van der Waals surface area (Å²) in [4.78, 5) is 12.1. The molecule has 0 spiro atoms. The van der Waals surface area contributed by atoms with Crippen molar-refractivity contribution in [2.45, 2.75) is 24.5 Å². The zero-order valence-corrected chi connectivity index (χ0v) is 13.9. The molecule has 2 fully saturated rings. The molecule has 4 atom stereocenters. The van der Waals surface area contributed by atoms with Gasteiger partial charge in [-0.1, -0.05) is 23.7 Å². The third-order valence-electron chi connectivity index (χ3n) is 4.89. The predicted molar refractivity (Wildman–Crippen MR) is 89.6 cm³/mol. The average Bonchev–Trinajstić information content (AvgIpc) is 2.97. The molecule has 0 aromatic heterocycles. The molecule has 0 bridgehead atoms. The van der Waals surface area contributed by atoms with E-state index in [1.165, 1.54) is 12.1 Å². The van der Waals surface area contributed by atoms with Gasteiger partial charge < -0.3 is 5.32 Å². The van der Waals surface area contributed by atoms with Crippen molar-refractivity contribution in [2.75, 3.05) is 0 Å². The lowest BCUT2D eigenvalue weighted by Crippen LogP contribution is -2.52. The van der Waals surface area contributed by atoms with Crippen LogP contribution in [0.4, 0.5) is 8.78 Å². The first-order chi connectivity index (χ1) is 12.0. The van der Waals surface area contributed by atoms with E-state index in [4.69, 9.17) is 11.6 Å². The Morgan fingerprint density at radius 2 is 1.64 bits per heavy atom. The molecule has 4 rings (SSSR count). The van der Waals surface area contributed by atoms with E-state index in [9.17, 15) is 13.6 Å². The van der Waals surface area contributed by atoms with Crippen molar-refractivity contribution < 1.29 is 13.6 Å². The molecular weight excluding hydrogens is 348 g/mol. The minimum atomic E-state index is -0.639. The molecule has 4 nitrogen and oxygen atoms in total. The topological polar surface area (TPSA) is 53.2 Å². The number of benzene rings is 2. The number of hydrogen-bond donors (Lipinski definition) is 3. The van der Waals surface area contributed by atoms with E-state index in [1.807, 2.05) is 12.1 Å². The molecule has 130 valence electrons. The Morgan fingerprint density at radius 3 is 2.32 bits per heavy atom. The van der Waals surface area contributed by atoms with Gasteiger partial charge in [0.1, 0.15) is 11.6 Å². The predicted octanol–water partition coefficient (Wildman–Crippen LogP) is 3.01. The third kappa shape index (κ3) is 3.13. The molecular formula is C18H16ClF2N3O. The molecule has 1 amide bonds. The van der Waals surface area contributed by atoms with Gasteiger partial charge in [0.2, 0.25) is 5.91 Å². The molecule has 0 saturated carbocycles. The Bertz CT molecular complexity index is 794. The van der Waals surface area contributed by atoms with Gasteiger partial charge in [0, 0.05) is 29.3 Å². The van der Waals surface area contributed by atoms with E-state index in [1.54, 1.807) is 12.1 Å². The number of nitrogens with one attached hydrogen (secondary N) is 3. The zero-order valence-electron chi connectivity index (χ0n) is 13.1. The number of carbonyl (C=O) groups excluding carboxylic acids is 1. The van der Waals surface area contributed by atoms with Crippen molar-refractivity contribution in [3.05, 3.63) is 70.2 Å². The smallest absolute Gasteiger partial charge is 0.221 e. The average molecular weight is 364 g/mol. The van der Waals surface area contributed by atoms with Crippen LogP contribution < -0.4 is 16.2 Å². The number of hydrazine groups is 1. The van der Waals surface area contributed by atoms with Crippen LogP contribution in [0.25, 0.3) is 0 Å². The Balaban J connectivity index is 1.73. The van der Waals surface area contributed by atoms with Crippen LogP contribution in [0.15, 0.2) is 42.5 Å². The molecule has 0 aliphatic carbocycles. The van der Waals surface area contributed by atoms with Gasteiger partial charge in [-0.25, -0.2) is 19.6 Å². The molecule has 2 aliphatic rings. The standard InChI is InChI=1S/C18H16ClF2N3O/c19-11-3-1-9(2-4-11)17-16-14(8-15(25)22-18(16)24-23-17)10-5-12(20)7-13(21)6-10/h1-7,14,16-18,23-24H,8H2,(H,22,25). The summed E-state index contributed by atoms with van der Waals surface area (Å²) in [6, 6.07) is 10.7. The first-order valence-corrected chi connectivity index (χ1v) is 8.41. The highest BCUT2D eigenvalue weighted by molar-refractivity contribution is 6.30. The van der Waals surface area contributed by atoms with E-state index >= 15 is 0 Å². The summed E-state index contributed by atoms with van der Waals surface area (Å²) in [7, 11) is 0. The van der Waals surface area contributed by atoms with Crippen molar-refractivity contribution >= 4 is 17.5 Å². The molecule has 3 N–H and O–H groups in total. The SMILES string of the molecule is O=C1CC(c2cc(F)cc(F)c2)C2C(NNC2c2ccc(Cl)cc2)N1. The maximum atomic E-state index is 13.7. The molecule has 2 aromatic rings. The number of piperidine rings is 1. The fourth-order valence-electron chi connectivity index (χ4n) is 3.83. The lowest BCUT2D eigenvalue weighted by Gasteiger charge is -2.36. The Hall–Kier alpha value is -2.02. The molecule has 2 aliphatic heterocycles. The lowest BCUT2D eigenvalue weighted by molar-refractivity contribution is -0.125. The van der Waals surface area contributed by atoms with Crippen LogP contribution in [0, 0.1) is 17.6 Å². The molecule has 2 aromatic carbocycles. The maximum absolute atomic E-state index is 13.7. The Labute approximate surface area is 148 Å². The van der Waals surface area contributed by atoms with Gasteiger partial charge in [-0.05, 0) is 35.4 Å². The first kappa shape index (κ1) is 16.4. The quantitative estimate of drug-likeness (QED) is 0.769. The highest BCUT2D eigenvalue weighted by atomic mass is 35.5. The molecule has 4 unspecified atom stereocenters. The van der Waals surface area contributed by atoms with E-state index in [0.717, 1.165) is 11.6 Å². The van der Waals surface area contributed by atoms with Crippen LogP contribution >= 0.6 is 11.6 Å². The summed E-state index contributed by atoms with van der Waals surface area (Å²) in [5.41, 5.74) is 7.75. The molecule has 2 saturated heterocycles. The molecule has 2 heterocycles. The van der Waals surface area contributed by atoms with Gasteiger partial charge in [-0.15, -0.1) is 0 Å². The summed E-state index contributed by atoms with van der Waals surface area (Å²) >= 11 is 5.96. The zero-order chi connectivity index (χ0) is 17.6. The fraction of sp³-hybridized carbons (Fsp3) is 0.278. The second-order valence-electron chi connectivity index (χ2n) is 6.45. The van der Waals surface area contributed by atoms with Crippen LogP contribution in [-0.4, -0.2) is 12.1 Å². The van der Waals surface area contributed by atoms with E-state index in [0.29, 0.717) is 10.6 Å². The summed E-state index contributed by atoms with van der Waals surface area (Å²) in [5, 5.41) is 3.52. The van der Waals surface area contributed by atoms with Crippen molar-refractivity contribution in [3.63, 3.8) is 0 Å². The minimum absolute atomic E-state index is 0.0972. The molecule has 0 radical (unpaired) electrons. The highest BCUT2D eigenvalue weighted by Crippen LogP contribution is 2.43. The number of rotatable bonds is 2. The largest absolute Gasteiger partial charge is 0.339 e. The van der Waals surface area contributed by atoms with Crippen molar-refractivity contribution in [2.24, 2.45) is 5.92 Å².